The van der Waals surface area contributed by atoms with Crippen LogP contribution in [-0.4, -0.2) is 33.6 Å². The van der Waals surface area contributed by atoms with Gasteiger partial charge in [-0.05, 0) is 29.8 Å². The number of ether oxygens (including phenoxy) is 1. The molecule has 2 aromatic carbocycles. The first-order chi connectivity index (χ1) is 15.4. The Labute approximate surface area is 187 Å². The molecular formula is C21H18ClN5O5. The lowest BCUT2D eigenvalue weighted by Gasteiger charge is -2.10. The minimum absolute atomic E-state index is 0.0847. The van der Waals surface area contributed by atoms with Crippen LogP contribution in [0.5, 0.6) is 0 Å². The molecule has 11 heteroatoms. The number of hydrogen-bond acceptors (Lipinski definition) is 6. The van der Waals surface area contributed by atoms with Crippen molar-refractivity contribution in [2.24, 2.45) is 0 Å². The molecule has 1 unspecified atom stereocenters. The quantitative estimate of drug-likeness (QED) is 0.412. The van der Waals surface area contributed by atoms with Crippen molar-refractivity contribution in [3.8, 4) is 11.1 Å². The van der Waals surface area contributed by atoms with Crippen molar-refractivity contribution in [2.45, 2.75) is 19.1 Å². The average molecular weight is 456 g/mol. The summed E-state index contributed by atoms with van der Waals surface area (Å²) in [7, 11) is 1.54. The fraction of sp³-hybridized carbons (Fsp3) is 0.190. The zero-order valence-corrected chi connectivity index (χ0v) is 17.6. The van der Waals surface area contributed by atoms with Gasteiger partial charge in [-0.15, -0.1) is 0 Å². The van der Waals surface area contributed by atoms with Crippen LogP contribution in [0.4, 0.5) is 17.2 Å². The van der Waals surface area contributed by atoms with Gasteiger partial charge >= 0.3 is 0 Å². The third kappa shape index (κ3) is 4.18. The van der Waals surface area contributed by atoms with Gasteiger partial charge in [0.15, 0.2) is 0 Å². The molecule has 32 heavy (non-hydrogen) atoms. The number of halogens is 1. The van der Waals surface area contributed by atoms with Crippen LogP contribution < -0.4 is 10.6 Å². The number of carbonyl (C=O) groups excluding carboxylic acids is 2. The summed E-state index contributed by atoms with van der Waals surface area (Å²) >= 11 is 6.14. The highest BCUT2D eigenvalue weighted by molar-refractivity contribution is 6.30. The molecule has 0 spiro atoms. The van der Waals surface area contributed by atoms with Gasteiger partial charge in [-0.3, -0.25) is 19.7 Å². The normalized spacial score (nSPS) is 14.7. The Balaban J connectivity index is 1.58. The minimum Gasteiger partial charge on any atom is -0.378 e. The molecule has 3 aromatic rings. The molecule has 1 aliphatic rings. The molecule has 0 saturated carbocycles. The van der Waals surface area contributed by atoms with Gasteiger partial charge in [0, 0.05) is 35.5 Å². The van der Waals surface area contributed by atoms with Crippen LogP contribution in [0.15, 0.2) is 48.5 Å². The van der Waals surface area contributed by atoms with E-state index in [9.17, 15) is 19.7 Å². The van der Waals surface area contributed by atoms with Gasteiger partial charge in [-0.1, -0.05) is 23.7 Å². The molecule has 0 saturated heterocycles. The Morgan fingerprint density at radius 2 is 2.06 bits per heavy atom. The Morgan fingerprint density at radius 1 is 1.31 bits per heavy atom. The number of fused-ring (bicyclic) bond motifs is 1. The molecule has 1 atom stereocenters. The molecule has 4 rings (SSSR count). The summed E-state index contributed by atoms with van der Waals surface area (Å²) in [6.07, 6.45) is -0.168. The highest BCUT2D eigenvalue weighted by Gasteiger charge is 2.37. The van der Waals surface area contributed by atoms with Gasteiger partial charge in [0.25, 0.3) is 11.6 Å². The molecular weight excluding hydrogens is 438 g/mol. The highest BCUT2D eigenvalue weighted by atomic mass is 35.5. The van der Waals surface area contributed by atoms with Crippen LogP contribution in [-0.2, 0) is 20.9 Å². The average Bonchev–Trinajstić information content (AvgIpc) is 3.23. The van der Waals surface area contributed by atoms with Gasteiger partial charge < -0.3 is 15.4 Å². The topological polar surface area (TPSA) is 128 Å². The first-order valence-corrected chi connectivity index (χ1v) is 9.96. The number of nitrogens with zero attached hydrogens (tertiary/aromatic N) is 3. The number of carbonyl (C=O) groups is 2. The van der Waals surface area contributed by atoms with E-state index in [1.54, 1.807) is 25.3 Å². The van der Waals surface area contributed by atoms with E-state index in [0.717, 1.165) is 5.56 Å². The number of methoxy groups -OCH3 is 1. The van der Waals surface area contributed by atoms with Crippen LogP contribution in [0, 0.1) is 10.1 Å². The molecule has 1 aliphatic heterocycles. The summed E-state index contributed by atoms with van der Waals surface area (Å²) in [5.41, 5.74) is 2.35. The molecule has 10 nitrogen and oxygen atoms in total. The Morgan fingerprint density at radius 3 is 2.72 bits per heavy atom. The van der Waals surface area contributed by atoms with Crippen molar-refractivity contribution in [1.29, 1.82) is 0 Å². The van der Waals surface area contributed by atoms with Crippen molar-refractivity contribution < 1.29 is 19.2 Å². The van der Waals surface area contributed by atoms with Gasteiger partial charge in [0.1, 0.15) is 11.9 Å². The molecule has 0 aliphatic carbocycles. The number of rotatable bonds is 7. The number of aromatic nitrogens is 2. The molecule has 164 valence electrons. The number of anilines is 2. The monoisotopic (exact) mass is 455 g/mol. The summed E-state index contributed by atoms with van der Waals surface area (Å²) in [6.45, 7) is 0.208. The predicted molar refractivity (Wildman–Crippen MR) is 117 cm³/mol. The van der Waals surface area contributed by atoms with Crippen LogP contribution in [0.1, 0.15) is 18.2 Å². The predicted octanol–water partition coefficient (Wildman–Crippen LogP) is 3.78. The van der Waals surface area contributed by atoms with Crippen LogP contribution in [0.25, 0.3) is 11.1 Å². The molecule has 0 bridgehead atoms. The van der Waals surface area contributed by atoms with E-state index in [-0.39, 0.29) is 24.6 Å². The maximum Gasteiger partial charge on any atom is 0.269 e. The van der Waals surface area contributed by atoms with Crippen LogP contribution >= 0.6 is 11.6 Å². The minimum atomic E-state index is -0.855. The zero-order chi connectivity index (χ0) is 22.8. The summed E-state index contributed by atoms with van der Waals surface area (Å²) in [5, 5.41) is 21.3. The SMILES string of the molecule is COCc1nn2c(c1-c1cccc(Cl)c1)NC(=O)C2CC(=O)Nc1ccc([N+](=O)[O-])cc1. The molecule has 0 fully saturated rings. The summed E-state index contributed by atoms with van der Waals surface area (Å²) in [5.74, 6) is -0.323. The Bertz CT molecular complexity index is 1210. The van der Waals surface area contributed by atoms with E-state index < -0.39 is 16.9 Å². The lowest BCUT2D eigenvalue weighted by atomic mass is 10.1. The first-order valence-electron chi connectivity index (χ1n) is 9.59. The third-order valence-corrected chi connectivity index (χ3v) is 5.19. The third-order valence-electron chi connectivity index (χ3n) is 4.96. The first kappa shape index (κ1) is 21.5. The highest BCUT2D eigenvalue weighted by Crippen LogP contribution is 2.39. The van der Waals surface area contributed by atoms with Crippen molar-refractivity contribution >= 4 is 40.6 Å². The Kier molecular flexibility index (Phi) is 5.89. The molecule has 2 heterocycles. The number of nitrogens with one attached hydrogen (secondary N) is 2. The second-order valence-corrected chi connectivity index (χ2v) is 7.56. The second-order valence-electron chi connectivity index (χ2n) is 7.12. The van der Waals surface area contributed by atoms with Crippen LogP contribution in [0.2, 0.25) is 5.02 Å². The second kappa shape index (κ2) is 8.77. The lowest BCUT2D eigenvalue weighted by Crippen LogP contribution is -2.24. The fourth-order valence-electron chi connectivity index (χ4n) is 3.56. The molecule has 2 N–H and O–H groups in total. The summed E-state index contributed by atoms with van der Waals surface area (Å²) in [4.78, 5) is 35.4. The van der Waals surface area contributed by atoms with Gasteiger partial charge in [-0.2, -0.15) is 5.10 Å². The number of hydrogen-bond donors (Lipinski definition) is 2. The smallest absolute Gasteiger partial charge is 0.269 e. The van der Waals surface area contributed by atoms with E-state index in [2.05, 4.69) is 15.7 Å². The van der Waals surface area contributed by atoms with Gasteiger partial charge in [0.05, 0.1) is 23.6 Å². The summed E-state index contributed by atoms with van der Waals surface area (Å²) in [6, 6.07) is 11.7. The standard InChI is InChI=1S/C21H18ClN5O5/c1-32-11-16-19(12-3-2-4-13(22)9-12)20-24-21(29)17(26(20)25-16)10-18(28)23-14-5-7-15(8-6-14)27(30)31/h2-9,17H,10-11H2,1H3,(H,23,28)(H,24,29). The van der Waals surface area contributed by atoms with E-state index >= 15 is 0 Å². The largest absolute Gasteiger partial charge is 0.378 e. The number of benzene rings is 2. The Hall–Kier alpha value is -3.76. The molecule has 2 amide bonds. The maximum atomic E-state index is 12.6. The van der Waals surface area contributed by atoms with E-state index in [1.807, 2.05) is 6.07 Å². The van der Waals surface area contributed by atoms with E-state index in [1.165, 1.54) is 28.9 Å². The lowest BCUT2D eigenvalue weighted by molar-refractivity contribution is -0.384. The van der Waals surface area contributed by atoms with Crippen molar-refractivity contribution in [1.82, 2.24) is 9.78 Å². The van der Waals surface area contributed by atoms with Crippen molar-refractivity contribution in [2.75, 3.05) is 17.7 Å². The van der Waals surface area contributed by atoms with Gasteiger partial charge in [0.2, 0.25) is 5.91 Å². The van der Waals surface area contributed by atoms with Gasteiger partial charge in [-0.25, -0.2) is 4.68 Å². The zero-order valence-electron chi connectivity index (χ0n) is 16.9. The summed E-state index contributed by atoms with van der Waals surface area (Å²) < 4.78 is 6.75. The number of nitro benzene ring substituents is 1. The van der Waals surface area contributed by atoms with E-state index in [4.69, 9.17) is 16.3 Å². The maximum absolute atomic E-state index is 12.6. The fourth-order valence-corrected chi connectivity index (χ4v) is 3.75. The molecule has 1 aromatic heterocycles. The van der Waals surface area contributed by atoms with Crippen molar-refractivity contribution in [3.05, 3.63) is 69.4 Å². The van der Waals surface area contributed by atoms with Crippen molar-refractivity contribution in [3.63, 3.8) is 0 Å². The molecule has 0 radical (unpaired) electrons. The van der Waals surface area contributed by atoms with Crippen LogP contribution in [0.3, 0.4) is 0 Å². The number of amides is 2. The number of nitro groups is 1. The number of non-ortho nitro benzene ring substituents is 1. The van der Waals surface area contributed by atoms with E-state index in [0.29, 0.717) is 27.8 Å².